The molecule has 4 nitrogen and oxygen atoms in total. The second-order valence-corrected chi connectivity index (χ2v) is 11.7. The van der Waals surface area contributed by atoms with Crippen LogP contribution in [0.4, 0.5) is 18.9 Å². The second-order valence-electron chi connectivity index (χ2n) is 10.5. The van der Waals surface area contributed by atoms with E-state index in [9.17, 15) is 13.2 Å². The number of aryl methyl sites for hydroxylation is 3. The van der Waals surface area contributed by atoms with E-state index in [1.807, 2.05) is 17.6 Å². The van der Waals surface area contributed by atoms with E-state index in [0.717, 1.165) is 73.0 Å². The molecule has 3 heterocycles. The van der Waals surface area contributed by atoms with E-state index in [4.69, 9.17) is 4.98 Å². The molecule has 0 spiro atoms. The molecular formula is C30H31F3N4S. The number of nitrogens with zero attached hydrogens (tertiary/aromatic N) is 4. The first-order valence-electron chi connectivity index (χ1n) is 13.4. The highest BCUT2D eigenvalue weighted by Gasteiger charge is 2.30. The van der Waals surface area contributed by atoms with E-state index in [1.165, 1.54) is 40.0 Å². The number of hydrogen-bond donors (Lipinski definition) is 0. The lowest BCUT2D eigenvalue weighted by Crippen LogP contribution is -2.35. The summed E-state index contributed by atoms with van der Waals surface area (Å²) >= 11 is 1.61. The average molecular weight is 537 g/mol. The summed E-state index contributed by atoms with van der Waals surface area (Å²) in [4.78, 5) is 8.01. The Morgan fingerprint density at radius 1 is 1.13 bits per heavy atom. The minimum Gasteiger partial charge on any atom is -0.371 e. The Bertz CT molecular complexity index is 1460. The van der Waals surface area contributed by atoms with Crippen molar-refractivity contribution in [1.29, 1.82) is 0 Å². The molecule has 1 atom stereocenters. The zero-order valence-corrected chi connectivity index (χ0v) is 22.5. The maximum absolute atomic E-state index is 13.0. The monoisotopic (exact) mass is 536 g/mol. The highest BCUT2D eigenvalue weighted by Crippen LogP contribution is 2.37. The summed E-state index contributed by atoms with van der Waals surface area (Å²) in [6.07, 6.45) is 6.25. The molecular weight excluding hydrogens is 505 g/mol. The molecule has 2 aromatic carbocycles. The smallest absolute Gasteiger partial charge is 0.371 e. The first-order chi connectivity index (χ1) is 18.3. The van der Waals surface area contributed by atoms with Crippen LogP contribution in [-0.4, -0.2) is 27.7 Å². The molecule has 6 rings (SSSR count). The SMILES string of the molecule is CCc1cc(CCC2CCCN(c3ccc(C(F)(F)F)cc3)C2)c2c(c1)CC(c1cn3nc(C)sc3n1)=C2. The van der Waals surface area contributed by atoms with Crippen molar-refractivity contribution in [2.75, 3.05) is 18.0 Å². The number of piperidine rings is 1. The van der Waals surface area contributed by atoms with E-state index in [2.05, 4.69) is 35.1 Å². The summed E-state index contributed by atoms with van der Waals surface area (Å²) in [5.74, 6) is 0.520. The van der Waals surface area contributed by atoms with Crippen LogP contribution in [0.1, 0.15) is 64.7 Å². The molecule has 1 aliphatic carbocycles. The van der Waals surface area contributed by atoms with Crippen LogP contribution in [0, 0.1) is 12.8 Å². The summed E-state index contributed by atoms with van der Waals surface area (Å²) < 4.78 is 40.8. The lowest BCUT2D eigenvalue weighted by Gasteiger charge is -2.34. The molecule has 1 aliphatic heterocycles. The van der Waals surface area contributed by atoms with Crippen molar-refractivity contribution in [3.63, 3.8) is 0 Å². The summed E-state index contributed by atoms with van der Waals surface area (Å²) in [6, 6.07) is 10.3. The molecule has 2 aliphatic rings. The van der Waals surface area contributed by atoms with E-state index in [-0.39, 0.29) is 0 Å². The Morgan fingerprint density at radius 3 is 2.68 bits per heavy atom. The third-order valence-corrected chi connectivity index (χ3v) is 8.73. The fourth-order valence-electron chi connectivity index (χ4n) is 5.90. The molecule has 1 saturated heterocycles. The van der Waals surface area contributed by atoms with Gasteiger partial charge in [0, 0.05) is 25.2 Å². The van der Waals surface area contributed by atoms with Crippen LogP contribution in [-0.2, 0) is 25.4 Å². The first kappa shape index (κ1) is 25.2. The van der Waals surface area contributed by atoms with Crippen LogP contribution in [0.2, 0.25) is 0 Å². The molecule has 0 radical (unpaired) electrons. The Hall–Kier alpha value is -3.13. The van der Waals surface area contributed by atoms with Crippen LogP contribution < -0.4 is 4.90 Å². The quantitative estimate of drug-likeness (QED) is 0.254. The van der Waals surface area contributed by atoms with Crippen molar-refractivity contribution in [1.82, 2.24) is 14.6 Å². The molecule has 0 amide bonds. The molecule has 0 saturated carbocycles. The van der Waals surface area contributed by atoms with Gasteiger partial charge in [0.1, 0.15) is 5.01 Å². The number of halogens is 3. The number of aromatic nitrogens is 3. The van der Waals surface area contributed by atoms with Crippen LogP contribution in [0.15, 0.2) is 42.6 Å². The van der Waals surface area contributed by atoms with Gasteiger partial charge in [-0.15, -0.1) is 0 Å². The van der Waals surface area contributed by atoms with E-state index >= 15 is 0 Å². The molecule has 0 bridgehead atoms. The van der Waals surface area contributed by atoms with Crippen molar-refractivity contribution in [3.05, 3.63) is 81.1 Å². The van der Waals surface area contributed by atoms with Gasteiger partial charge < -0.3 is 4.90 Å². The fraction of sp³-hybridized carbons (Fsp3) is 0.400. The second kappa shape index (κ2) is 9.88. The third kappa shape index (κ3) is 4.98. The normalized spacial score (nSPS) is 17.8. The molecule has 2 aromatic heterocycles. The van der Waals surface area contributed by atoms with Crippen molar-refractivity contribution < 1.29 is 13.2 Å². The topological polar surface area (TPSA) is 33.4 Å². The van der Waals surface area contributed by atoms with Gasteiger partial charge in [-0.2, -0.15) is 18.3 Å². The maximum Gasteiger partial charge on any atom is 0.416 e. The third-order valence-electron chi connectivity index (χ3n) is 7.89. The maximum atomic E-state index is 13.0. The lowest BCUT2D eigenvalue weighted by molar-refractivity contribution is -0.137. The van der Waals surface area contributed by atoms with Gasteiger partial charge in [0.2, 0.25) is 4.96 Å². The van der Waals surface area contributed by atoms with Crippen molar-refractivity contribution >= 4 is 33.6 Å². The number of anilines is 1. The minimum absolute atomic E-state index is 0.520. The number of fused-ring (bicyclic) bond motifs is 2. The Morgan fingerprint density at radius 2 is 1.95 bits per heavy atom. The number of allylic oxidation sites excluding steroid dienone is 1. The molecule has 8 heteroatoms. The fourth-order valence-corrected chi connectivity index (χ4v) is 6.62. The van der Waals surface area contributed by atoms with Gasteiger partial charge in [-0.05, 0) is 103 Å². The van der Waals surface area contributed by atoms with Crippen molar-refractivity contribution in [3.8, 4) is 0 Å². The predicted molar refractivity (Wildman–Crippen MR) is 148 cm³/mol. The predicted octanol–water partition coefficient (Wildman–Crippen LogP) is 7.63. The summed E-state index contributed by atoms with van der Waals surface area (Å²) in [6.45, 7) is 5.98. The average Bonchev–Trinajstić information content (AvgIpc) is 3.59. The molecule has 1 unspecified atom stereocenters. The summed E-state index contributed by atoms with van der Waals surface area (Å²) in [5.41, 5.74) is 8.03. The van der Waals surface area contributed by atoms with Gasteiger partial charge in [0.15, 0.2) is 0 Å². The van der Waals surface area contributed by atoms with E-state index < -0.39 is 11.7 Å². The zero-order chi connectivity index (χ0) is 26.4. The summed E-state index contributed by atoms with van der Waals surface area (Å²) in [5, 5.41) is 5.53. The van der Waals surface area contributed by atoms with E-state index in [0.29, 0.717) is 5.92 Å². The van der Waals surface area contributed by atoms with Crippen molar-refractivity contribution in [2.24, 2.45) is 5.92 Å². The molecule has 1 fully saturated rings. The van der Waals surface area contributed by atoms with E-state index in [1.54, 1.807) is 23.5 Å². The number of benzene rings is 2. The van der Waals surface area contributed by atoms with Gasteiger partial charge in [-0.25, -0.2) is 9.50 Å². The van der Waals surface area contributed by atoms with Gasteiger partial charge in [-0.3, -0.25) is 0 Å². The largest absolute Gasteiger partial charge is 0.416 e. The Kier molecular flexibility index (Phi) is 6.54. The number of hydrogen-bond acceptors (Lipinski definition) is 4. The highest BCUT2D eigenvalue weighted by molar-refractivity contribution is 7.16. The van der Waals surface area contributed by atoms with Crippen LogP contribution in [0.5, 0.6) is 0 Å². The number of rotatable bonds is 6. The molecule has 4 aromatic rings. The first-order valence-corrected chi connectivity index (χ1v) is 14.2. The molecule has 38 heavy (non-hydrogen) atoms. The Labute approximate surface area is 224 Å². The standard InChI is InChI=1S/C30H31F3N4S/c1-3-20-13-22(27-16-24(15-23(27)14-20)28-18-37-29(34-28)38-19(2)35-37)7-6-21-5-4-12-36(17-21)26-10-8-25(9-11-26)30(31,32)33/h8-11,13-14,16,18,21H,3-7,12,15,17H2,1-2H3. The summed E-state index contributed by atoms with van der Waals surface area (Å²) in [7, 11) is 0. The zero-order valence-electron chi connectivity index (χ0n) is 21.7. The van der Waals surface area contributed by atoms with Crippen LogP contribution in [0.25, 0.3) is 16.6 Å². The number of alkyl halides is 3. The lowest BCUT2D eigenvalue weighted by atomic mass is 9.88. The van der Waals surface area contributed by atoms with Crippen LogP contribution in [0.3, 0.4) is 0 Å². The highest BCUT2D eigenvalue weighted by atomic mass is 32.1. The van der Waals surface area contributed by atoms with Crippen molar-refractivity contribution in [2.45, 2.75) is 58.5 Å². The molecule has 0 N–H and O–H groups in total. The van der Waals surface area contributed by atoms with Gasteiger partial charge >= 0.3 is 6.18 Å². The minimum atomic E-state index is -4.30. The number of imidazole rings is 1. The Balaban J connectivity index is 1.17. The molecule has 198 valence electrons. The van der Waals surface area contributed by atoms with Gasteiger partial charge in [0.05, 0.1) is 17.5 Å². The van der Waals surface area contributed by atoms with Gasteiger partial charge in [0.25, 0.3) is 0 Å². The van der Waals surface area contributed by atoms with Crippen LogP contribution >= 0.6 is 11.3 Å². The van der Waals surface area contributed by atoms with Gasteiger partial charge in [-0.1, -0.05) is 30.4 Å².